The fraction of sp³-hybridized carbons (Fsp3) is 0.273. The molecule has 2 aromatic carbocycles. The van der Waals surface area contributed by atoms with Gasteiger partial charge in [0.15, 0.2) is 6.10 Å². The quantitative estimate of drug-likeness (QED) is 0.693. The molecule has 0 radical (unpaired) electrons. The normalized spacial score (nSPS) is 13.2. The van der Waals surface area contributed by atoms with Crippen molar-refractivity contribution >= 4 is 16.9 Å². The lowest BCUT2D eigenvalue weighted by Crippen LogP contribution is -2.37. The Balaban J connectivity index is 1.72. The Kier molecular flexibility index (Phi) is 5.31. The molecular formula is C22H23NO4. The van der Waals surface area contributed by atoms with Gasteiger partial charge in [0.1, 0.15) is 11.3 Å². The summed E-state index contributed by atoms with van der Waals surface area (Å²) in [7, 11) is 0. The molecule has 140 valence electrons. The molecule has 1 amide bonds. The van der Waals surface area contributed by atoms with Crippen LogP contribution in [0.4, 0.5) is 0 Å². The van der Waals surface area contributed by atoms with Crippen LogP contribution in [0.3, 0.4) is 0 Å². The summed E-state index contributed by atoms with van der Waals surface area (Å²) in [5.41, 5.74) is 3.07. The molecule has 0 spiro atoms. The van der Waals surface area contributed by atoms with Gasteiger partial charge in [0, 0.05) is 17.5 Å². The third-order valence-corrected chi connectivity index (χ3v) is 4.62. The number of carbonyl (C=O) groups excluding carboxylic acids is 1. The Bertz CT molecular complexity index is 1040. The number of nitrogens with one attached hydrogen (secondary N) is 1. The van der Waals surface area contributed by atoms with Crippen molar-refractivity contribution in [2.24, 2.45) is 0 Å². The maximum absolute atomic E-state index is 12.5. The number of hydrogen-bond acceptors (Lipinski definition) is 4. The molecule has 1 aromatic heterocycles. The van der Waals surface area contributed by atoms with E-state index in [0.717, 1.165) is 22.1 Å². The van der Waals surface area contributed by atoms with Crippen LogP contribution >= 0.6 is 0 Å². The zero-order chi connectivity index (χ0) is 19.6. The summed E-state index contributed by atoms with van der Waals surface area (Å²) >= 11 is 0. The van der Waals surface area contributed by atoms with Crippen molar-refractivity contribution in [1.29, 1.82) is 0 Å². The van der Waals surface area contributed by atoms with Crippen LogP contribution < -0.4 is 15.7 Å². The topological polar surface area (TPSA) is 68.5 Å². The molecule has 3 aromatic rings. The van der Waals surface area contributed by atoms with E-state index in [2.05, 4.69) is 5.32 Å². The minimum absolute atomic E-state index is 0.123. The van der Waals surface area contributed by atoms with Gasteiger partial charge in [-0.15, -0.1) is 0 Å². The molecule has 3 rings (SSSR count). The average Bonchev–Trinajstić information content (AvgIpc) is 2.61. The Morgan fingerprint density at radius 2 is 1.78 bits per heavy atom. The molecule has 0 unspecified atom stereocenters. The standard InChI is InChI=1S/C22H23NO4/c1-13-7-5-6-8-18(13)15(3)23-22(25)16(4)26-17-9-10-19-14(2)11-21(24)27-20(19)12-17/h5-12,15-16H,1-4H3,(H,23,25)/t15-,16+/m1/s1. The molecule has 0 saturated heterocycles. The molecule has 5 nitrogen and oxygen atoms in total. The zero-order valence-corrected chi connectivity index (χ0v) is 15.9. The van der Waals surface area contributed by atoms with Gasteiger partial charge >= 0.3 is 5.63 Å². The van der Waals surface area contributed by atoms with Crippen LogP contribution in [0.25, 0.3) is 11.0 Å². The highest BCUT2D eigenvalue weighted by Crippen LogP contribution is 2.23. The van der Waals surface area contributed by atoms with Gasteiger partial charge in [-0.3, -0.25) is 4.79 Å². The average molecular weight is 365 g/mol. The van der Waals surface area contributed by atoms with Gasteiger partial charge in [-0.2, -0.15) is 0 Å². The number of benzene rings is 2. The second kappa shape index (κ2) is 7.66. The fourth-order valence-electron chi connectivity index (χ4n) is 3.12. The lowest BCUT2D eigenvalue weighted by Gasteiger charge is -2.20. The monoisotopic (exact) mass is 365 g/mol. The molecule has 0 aliphatic rings. The molecular weight excluding hydrogens is 342 g/mol. The van der Waals surface area contributed by atoms with Crippen LogP contribution in [0, 0.1) is 13.8 Å². The van der Waals surface area contributed by atoms with Gasteiger partial charge in [0.2, 0.25) is 0 Å². The molecule has 5 heteroatoms. The van der Waals surface area contributed by atoms with Crippen molar-refractivity contribution in [3.63, 3.8) is 0 Å². The first-order chi connectivity index (χ1) is 12.8. The molecule has 27 heavy (non-hydrogen) atoms. The van der Waals surface area contributed by atoms with Gasteiger partial charge in [-0.05, 0) is 56.5 Å². The van der Waals surface area contributed by atoms with Crippen LogP contribution in [0.2, 0.25) is 0 Å². The molecule has 0 aliphatic heterocycles. The Hall–Kier alpha value is -3.08. The first-order valence-electron chi connectivity index (χ1n) is 8.92. The minimum Gasteiger partial charge on any atom is -0.481 e. The van der Waals surface area contributed by atoms with Crippen LogP contribution in [-0.2, 0) is 4.79 Å². The van der Waals surface area contributed by atoms with Crippen molar-refractivity contribution in [1.82, 2.24) is 5.32 Å². The molecule has 2 atom stereocenters. The van der Waals surface area contributed by atoms with Gasteiger partial charge in [-0.1, -0.05) is 24.3 Å². The van der Waals surface area contributed by atoms with E-state index in [-0.39, 0.29) is 11.9 Å². The molecule has 0 aliphatic carbocycles. The predicted octanol–water partition coefficient (Wildman–Crippen LogP) is 4.05. The van der Waals surface area contributed by atoms with Crippen LogP contribution in [-0.4, -0.2) is 12.0 Å². The number of ether oxygens (including phenoxy) is 1. The fourth-order valence-corrected chi connectivity index (χ4v) is 3.12. The van der Waals surface area contributed by atoms with E-state index < -0.39 is 11.7 Å². The summed E-state index contributed by atoms with van der Waals surface area (Å²) in [6.45, 7) is 7.50. The smallest absolute Gasteiger partial charge is 0.336 e. The second-order valence-electron chi connectivity index (χ2n) is 6.75. The van der Waals surface area contributed by atoms with Crippen molar-refractivity contribution in [2.75, 3.05) is 0 Å². The first-order valence-corrected chi connectivity index (χ1v) is 8.92. The van der Waals surface area contributed by atoms with Crippen LogP contribution in [0.1, 0.15) is 36.6 Å². The highest BCUT2D eigenvalue weighted by Gasteiger charge is 2.19. The Labute approximate surface area is 158 Å². The van der Waals surface area contributed by atoms with Crippen molar-refractivity contribution in [2.45, 2.75) is 39.8 Å². The summed E-state index contributed by atoms with van der Waals surface area (Å²) in [4.78, 5) is 24.1. The molecule has 0 bridgehead atoms. The molecule has 0 fully saturated rings. The van der Waals surface area contributed by atoms with E-state index in [4.69, 9.17) is 9.15 Å². The van der Waals surface area contributed by atoms with Crippen molar-refractivity contribution in [3.05, 3.63) is 75.6 Å². The van der Waals surface area contributed by atoms with Crippen molar-refractivity contribution < 1.29 is 13.9 Å². The summed E-state index contributed by atoms with van der Waals surface area (Å²) in [5.74, 6) is 0.263. The second-order valence-corrected chi connectivity index (χ2v) is 6.75. The third kappa shape index (κ3) is 4.19. The van der Waals surface area contributed by atoms with E-state index in [0.29, 0.717) is 11.3 Å². The molecule has 0 saturated carbocycles. The minimum atomic E-state index is -0.689. The number of fused-ring (bicyclic) bond motifs is 1. The van der Waals surface area contributed by atoms with E-state index in [1.165, 1.54) is 6.07 Å². The summed E-state index contributed by atoms with van der Waals surface area (Å²) < 4.78 is 11.0. The molecule has 1 heterocycles. The van der Waals surface area contributed by atoms with Gasteiger partial charge in [0.05, 0.1) is 6.04 Å². The number of amides is 1. The Morgan fingerprint density at radius 1 is 1.04 bits per heavy atom. The highest BCUT2D eigenvalue weighted by molar-refractivity contribution is 5.83. The van der Waals surface area contributed by atoms with E-state index in [1.807, 2.05) is 51.1 Å². The SMILES string of the molecule is Cc1ccccc1[C@@H](C)NC(=O)[C@H](C)Oc1ccc2c(C)cc(=O)oc2c1. The largest absolute Gasteiger partial charge is 0.481 e. The summed E-state index contributed by atoms with van der Waals surface area (Å²) in [5, 5.41) is 3.82. The first kappa shape index (κ1) is 18.7. The van der Waals surface area contributed by atoms with E-state index >= 15 is 0 Å². The number of rotatable bonds is 5. The maximum Gasteiger partial charge on any atom is 0.336 e. The third-order valence-electron chi connectivity index (χ3n) is 4.62. The van der Waals surface area contributed by atoms with E-state index in [9.17, 15) is 9.59 Å². The predicted molar refractivity (Wildman–Crippen MR) is 105 cm³/mol. The number of carbonyl (C=O) groups is 1. The van der Waals surface area contributed by atoms with Crippen molar-refractivity contribution in [3.8, 4) is 5.75 Å². The van der Waals surface area contributed by atoms with Gasteiger partial charge in [-0.25, -0.2) is 4.79 Å². The van der Waals surface area contributed by atoms with Gasteiger partial charge < -0.3 is 14.5 Å². The number of hydrogen-bond donors (Lipinski definition) is 1. The zero-order valence-electron chi connectivity index (χ0n) is 15.9. The summed E-state index contributed by atoms with van der Waals surface area (Å²) in [6, 6.07) is 14.5. The number of aryl methyl sites for hydroxylation is 2. The lowest BCUT2D eigenvalue weighted by atomic mass is 10.0. The summed E-state index contributed by atoms with van der Waals surface area (Å²) in [6.07, 6.45) is -0.689. The van der Waals surface area contributed by atoms with Crippen LogP contribution in [0.15, 0.2) is 57.7 Å². The molecule has 1 N–H and O–H groups in total. The maximum atomic E-state index is 12.5. The lowest BCUT2D eigenvalue weighted by molar-refractivity contribution is -0.127. The Morgan fingerprint density at radius 3 is 2.52 bits per heavy atom. The van der Waals surface area contributed by atoms with Gasteiger partial charge in [0.25, 0.3) is 5.91 Å². The van der Waals surface area contributed by atoms with Crippen LogP contribution in [0.5, 0.6) is 5.75 Å². The highest BCUT2D eigenvalue weighted by atomic mass is 16.5. The van der Waals surface area contributed by atoms with E-state index in [1.54, 1.807) is 19.1 Å².